The second-order valence-electron chi connectivity index (χ2n) is 5.82. The van der Waals surface area contributed by atoms with Crippen molar-refractivity contribution in [1.29, 1.82) is 0 Å². The van der Waals surface area contributed by atoms with Gasteiger partial charge in [-0.05, 0) is 38.3 Å². The minimum absolute atomic E-state index is 0.0645. The van der Waals surface area contributed by atoms with Crippen molar-refractivity contribution < 1.29 is 4.79 Å². The summed E-state index contributed by atoms with van der Waals surface area (Å²) < 4.78 is 2.00. The zero-order chi connectivity index (χ0) is 14.6. The summed E-state index contributed by atoms with van der Waals surface area (Å²) in [5, 5.41) is 0. The average molecular weight is 265 g/mol. The molecule has 0 aliphatic heterocycles. The summed E-state index contributed by atoms with van der Waals surface area (Å²) in [6, 6.07) is 4.23. The van der Waals surface area contributed by atoms with Gasteiger partial charge in [-0.1, -0.05) is 13.8 Å². The Kier molecular flexibility index (Phi) is 5.60. The number of aromatic nitrogens is 1. The predicted octanol–water partition coefficient (Wildman–Crippen LogP) is 2.51. The van der Waals surface area contributed by atoms with E-state index in [-0.39, 0.29) is 11.9 Å². The minimum atomic E-state index is 0.0645. The van der Waals surface area contributed by atoms with E-state index in [1.165, 1.54) is 0 Å². The smallest absolute Gasteiger partial charge is 0.270 e. The van der Waals surface area contributed by atoms with Crippen molar-refractivity contribution in [1.82, 2.24) is 9.47 Å². The van der Waals surface area contributed by atoms with E-state index in [1.54, 1.807) is 4.90 Å². The van der Waals surface area contributed by atoms with E-state index in [0.717, 1.165) is 12.1 Å². The first-order chi connectivity index (χ1) is 8.84. The van der Waals surface area contributed by atoms with E-state index in [2.05, 4.69) is 27.7 Å². The molecule has 108 valence electrons. The Morgan fingerprint density at radius 1 is 1.37 bits per heavy atom. The molecule has 0 aliphatic rings. The highest BCUT2D eigenvalue weighted by Gasteiger charge is 2.18. The van der Waals surface area contributed by atoms with E-state index >= 15 is 0 Å². The Morgan fingerprint density at radius 2 is 2.00 bits per heavy atom. The zero-order valence-electron chi connectivity index (χ0n) is 12.8. The van der Waals surface area contributed by atoms with Crippen LogP contribution in [0.3, 0.4) is 0 Å². The SMILES string of the molecule is CC(C)C(N)CCN(C)C(=O)c1cccn1C(C)C. The van der Waals surface area contributed by atoms with Crippen LogP contribution in [0.5, 0.6) is 0 Å². The van der Waals surface area contributed by atoms with Crippen LogP contribution in [0.25, 0.3) is 0 Å². The number of carbonyl (C=O) groups is 1. The fourth-order valence-corrected chi connectivity index (χ4v) is 2.00. The molecule has 1 aromatic heterocycles. The van der Waals surface area contributed by atoms with Gasteiger partial charge in [0.1, 0.15) is 5.69 Å². The second-order valence-corrected chi connectivity index (χ2v) is 5.82. The Bertz CT molecular complexity index is 409. The highest BCUT2D eigenvalue weighted by Crippen LogP contribution is 2.13. The molecule has 0 spiro atoms. The Morgan fingerprint density at radius 3 is 2.53 bits per heavy atom. The molecule has 1 heterocycles. The first-order valence-corrected chi connectivity index (χ1v) is 7.02. The van der Waals surface area contributed by atoms with E-state index in [1.807, 2.05) is 29.9 Å². The van der Waals surface area contributed by atoms with Crippen molar-refractivity contribution in [2.75, 3.05) is 13.6 Å². The maximum absolute atomic E-state index is 12.4. The lowest BCUT2D eigenvalue weighted by molar-refractivity contribution is 0.0777. The molecule has 0 saturated carbocycles. The molecular weight excluding hydrogens is 238 g/mol. The van der Waals surface area contributed by atoms with Gasteiger partial charge >= 0.3 is 0 Å². The Hall–Kier alpha value is -1.29. The molecule has 0 bridgehead atoms. The Labute approximate surface area is 116 Å². The Balaban J connectivity index is 2.64. The largest absolute Gasteiger partial charge is 0.341 e. The lowest BCUT2D eigenvalue weighted by atomic mass is 10.0. The molecule has 1 amide bonds. The summed E-state index contributed by atoms with van der Waals surface area (Å²) in [4.78, 5) is 14.1. The first-order valence-electron chi connectivity index (χ1n) is 7.02. The third-order valence-electron chi connectivity index (χ3n) is 3.56. The van der Waals surface area contributed by atoms with Crippen LogP contribution < -0.4 is 5.73 Å². The fourth-order valence-electron chi connectivity index (χ4n) is 2.00. The molecule has 0 radical (unpaired) electrons. The van der Waals surface area contributed by atoms with Crippen molar-refractivity contribution in [2.24, 2.45) is 11.7 Å². The molecule has 1 aromatic rings. The molecular formula is C15H27N3O. The van der Waals surface area contributed by atoms with Gasteiger partial charge in [-0.2, -0.15) is 0 Å². The lowest BCUT2D eigenvalue weighted by Gasteiger charge is -2.22. The fraction of sp³-hybridized carbons (Fsp3) is 0.667. The molecule has 0 saturated heterocycles. The molecule has 1 unspecified atom stereocenters. The van der Waals surface area contributed by atoms with Crippen molar-refractivity contribution >= 4 is 5.91 Å². The predicted molar refractivity (Wildman–Crippen MR) is 79.2 cm³/mol. The van der Waals surface area contributed by atoms with Crippen LogP contribution in [0.4, 0.5) is 0 Å². The molecule has 0 aromatic carbocycles. The van der Waals surface area contributed by atoms with Crippen LogP contribution >= 0.6 is 0 Å². The number of hydrogen-bond donors (Lipinski definition) is 1. The maximum Gasteiger partial charge on any atom is 0.270 e. The molecule has 0 aliphatic carbocycles. The second kappa shape index (κ2) is 6.75. The van der Waals surface area contributed by atoms with Crippen molar-refractivity contribution in [3.05, 3.63) is 24.0 Å². The lowest BCUT2D eigenvalue weighted by Crippen LogP contribution is -2.35. The molecule has 4 nitrogen and oxygen atoms in total. The van der Waals surface area contributed by atoms with Crippen molar-refractivity contribution in [3.63, 3.8) is 0 Å². The van der Waals surface area contributed by atoms with Gasteiger partial charge in [-0.25, -0.2) is 0 Å². The standard InChI is InChI=1S/C15H27N3O/c1-11(2)13(16)8-10-17(5)15(19)14-7-6-9-18(14)12(3)4/h6-7,9,11-13H,8,10,16H2,1-5H3. The third kappa shape index (κ3) is 4.10. The van der Waals surface area contributed by atoms with Crippen molar-refractivity contribution in [2.45, 2.75) is 46.2 Å². The van der Waals surface area contributed by atoms with Gasteiger partial charge < -0.3 is 15.2 Å². The van der Waals surface area contributed by atoms with Crippen LogP contribution in [-0.4, -0.2) is 35.0 Å². The normalized spacial score (nSPS) is 13.1. The summed E-state index contributed by atoms with van der Waals surface area (Å²) in [6.45, 7) is 9.06. The van der Waals surface area contributed by atoms with Crippen LogP contribution in [0, 0.1) is 5.92 Å². The van der Waals surface area contributed by atoms with Gasteiger partial charge in [0.15, 0.2) is 0 Å². The molecule has 1 atom stereocenters. The molecule has 2 N–H and O–H groups in total. The van der Waals surface area contributed by atoms with Crippen LogP contribution in [0.2, 0.25) is 0 Å². The van der Waals surface area contributed by atoms with Gasteiger partial charge in [0.2, 0.25) is 0 Å². The first kappa shape index (κ1) is 15.8. The van der Waals surface area contributed by atoms with E-state index in [9.17, 15) is 4.79 Å². The number of nitrogens with zero attached hydrogens (tertiary/aromatic N) is 2. The van der Waals surface area contributed by atoms with E-state index in [4.69, 9.17) is 5.73 Å². The summed E-state index contributed by atoms with van der Waals surface area (Å²) in [6.07, 6.45) is 2.79. The number of carbonyl (C=O) groups excluding carboxylic acids is 1. The van der Waals surface area contributed by atoms with Crippen LogP contribution in [0.1, 0.15) is 50.6 Å². The highest BCUT2D eigenvalue weighted by molar-refractivity contribution is 5.92. The molecule has 0 fully saturated rings. The molecule has 4 heteroatoms. The zero-order valence-corrected chi connectivity index (χ0v) is 12.8. The summed E-state index contributed by atoms with van der Waals surface area (Å²) in [5.74, 6) is 0.512. The van der Waals surface area contributed by atoms with Crippen LogP contribution in [0.15, 0.2) is 18.3 Å². The quantitative estimate of drug-likeness (QED) is 0.859. The van der Waals surface area contributed by atoms with Gasteiger partial charge in [0.25, 0.3) is 5.91 Å². The van der Waals surface area contributed by atoms with Gasteiger partial charge in [-0.3, -0.25) is 4.79 Å². The van der Waals surface area contributed by atoms with Crippen LogP contribution in [-0.2, 0) is 0 Å². The van der Waals surface area contributed by atoms with Gasteiger partial charge in [0.05, 0.1) is 0 Å². The topological polar surface area (TPSA) is 51.3 Å². The number of amides is 1. The van der Waals surface area contributed by atoms with Gasteiger partial charge in [0, 0.05) is 31.9 Å². The summed E-state index contributed by atoms with van der Waals surface area (Å²) in [7, 11) is 1.84. The monoisotopic (exact) mass is 265 g/mol. The molecule has 1 rings (SSSR count). The summed E-state index contributed by atoms with van der Waals surface area (Å²) in [5.41, 5.74) is 6.76. The van der Waals surface area contributed by atoms with Crippen molar-refractivity contribution in [3.8, 4) is 0 Å². The molecule has 19 heavy (non-hydrogen) atoms. The number of nitrogens with two attached hydrogens (primary N) is 1. The van der Waals surface area contributed by atoms with Gasteiger partial charge in [-0.15, -0.1) is 0 Å². The number of rotatable bonds is 6. The minimum Gasteiger partial charge on any atom is -0.341 e. The van der Waals surface area contributed by atoms with E-state index in [0.29, 0.717) is 18.5 Å². The number of hydrogen-bond acceptors (Lipinski definition) is 2. The average Bonchev–Trinajstić information content (AvgIpc) is 2.83. The van der Waals surface area contributed by atoms with E-state index < -0.39 is 0 Å². The highest BCUT2D eigenvalue weighted by atomic mass is 16.2. The maximum atomic E-state index is 12.4. The third-order valence-corrected chi connectivity index (χ3v) is 3.56. The summed E-state index contributed by atoms with van der Waals surface area (Å²) >= 11 is 0.